The van der Waals surface area contributed by atoms with Crippen LogP contribution < -0.4 is 10.1 Å². The Labute approximate surface area is 112 Å². The van der Waals surface area contributed by atoms with E-state index in [-0.39, 0.29) is 6.54 Å². The summed E-state index contributed by atoms with van der Waals surface area (Å²) in [4.78, 5) is 0. The third-order valence-electron chi connectivity index (χ3n) is 2.40. The van der Waals surface area contributed by atoms with E-state index in [0.29, 0.717) is 6.54 Å². The van der Waals surface area contributed by atoms with Gasteiger partial charge in [-0.25, -0.2) is 13.2 Å². The molecule has 0 fully saturated rings. The zero-order chi connectivity index (χ0) is 15.3. The fraction of sp³-hybridized carbons (Fsp3) is 0.500. The van der Waals surface area contributed by atoms with Gasteiger partial charge in [0.1, 0.15) is 12.7 Å². The summed E-state index contributed by atoms with van der Waals surface area (Å²) in [6.45, 7) is 1.97. The molecule has 0 spiro atoms. The van der Waals surface area contributed by atoms with Gasteiger partial charge in [-0.1, -0.05) is 6.92 Å². The molecule has 1 aromatic carbocycles. The lowest BCUT2D eigenvalue weighted by Gasteiger charge is -2.14. The van der Waals surface area contributed by atoms with Gasteiger partial charge in [-0.15, -0.1) is 0 Å². The maximum absolute atomic E-state index is 13.2. The van der Waals surface area contributed by atoms with Gasteiger partial charge in [0.15, 0.2) is 5.75 Å². The molecule has 0 heterocycles. The Morgan fingerprint density at radius 2 is 1.50 bits per heavy atom. The Bertz CT molecular complexity index is 441. The Hall–Kier alpha value is -1.41. The molecule has 8 heteroatoms. The van der Waals surface area contributed by atoms with Crippen LogP contribution >= 0.6 is 0 Å². The van der Waals surface area contributed by atoms with Crippen molar-refractivity contribution in [2.24, 2.45) is 0 Å². The number of aliphatic hydroxyl groups excluding tert-OH is 1. The Kier molecular flexibility index (Phi) is 6.15. The van der Waals surface area contributed by atoms with E-state index in [1.165, 1.54) is 0 Å². The van der Waals surface area contributed by atoms with Crippen molar-refractivity contribution in [1.82, 2.24) is 5.32 Å². The second kappa shape index (κ2) is 7.39. The average molecular weight is 299 g/mol. The molecule has 1 unspecified atom stereocenters. The Morgan fingerprint density at radius 1 is 1.00 bits per heavy atom. The summed E-state index contributed by atoms with van der Waals surface area (Å²) in [5.41, 5.74) is 0. The molecule has 1 rings (SSSR count). The van der Waals surface area contributed by atoms with Gasteiger partial charge < -0.3 is 15.2 Å². The summed E-state index contributed by atoms with van der Waals surface area (Å²) in [6, 6.07) is 0. The van der Waals surface area contributed by atoms with Gasteiger partial charge in [-0.2, -0.15) is 8.78 Å². The van der Waals surface area contributed by atoms with Crippen LogP contribution in [0.5, 0.6) is 5.75 Å². The second-order valence-electron chi connectivity index (χ2n) is 4.07. The summed E-state index contributed by atoms with van der Waals surface area (Å²) < 4.78 is 69.4. The van der Waals surface area contributed by atoms with Crippen molar-refractivity contribution in [1.29, 1.82) is 0 Å². The number of hydrogen-bond acceptors (Lipinski definition) is 3. The molecule has 1 aromatic rings. The first-order chi connectivity index (χ1) is 9.40. The molecule has 0 aliphatic heterocycles. The first kappa shape index (κ1) is 16.6. The van der Waals surface area contributed by atoms with Crippen molar-refractivity contribution in [2.75, 3.05) is 19.7 Å². The quantitative estimate of drug-likeness (QED) is 0.351. The standard InChI is InChI=1S/C12H14F5NO2/c1-2-3-18-4-6(19)5-20-12-10(16)8(14)7(13)9(15)11(12)17/h6,18-19H,2-5H2,1H3. The van der Waals surface area contributed by atoms with Gasteiger partial charge in [-0.3, -0.25) is 0 Å². The Morgan fingerprint density at radius 3 is 2.00 bits per heavy atom. The number of aliphatic hydroxyl groups is 1. The summed E-state index contributed by atoms with van der Waals surface area (Å²) in [5, 5.41) is 12.2. The predicted octanol–water partition coefficient (Wildman–Crippen LogP) is 2.12. The van der Waals surface area contributed by atoms with Crippen LogP contribution in [0.4, 0.5) is 22.0 Å². The summed E-state index contributed by atoms with van der Waals surface area (Å²) in [7, 11) is 0. The van der Waals surface area contributed by atoms with Crippen LogP contribution in [0.1, 0.15) is 13.3 Å². The van der Waals surface area contributed by atoms with E-state index in [1.807, 2.05) is 6.92 Å². The van der Waals surface area contributed by atoms with Crippen LogP contribution in [-0.2, 0) is 0 Å². The fourth-order valence-electron chi connectivity index (χ4n) is 1.40. The molecule has 0 aliphatic rings. The van der Waals surface area contributed by atoms with E-state index in [1.54, 1.807) is 0 Å². The third kappa shape index (κ3) is 3.80. The molecule has 0 aromatic heterocycles. The minimum absolute atomic E-state index is 0.0727. The third-order valence-corrected chi connectivity index (χ3v) is 2.40. The molecule has 114 valence electrons. The van der Waals surface area contributed by atoms with Gasteiger partial charge >= 0.3 is 0 Å². The highest BCUT2D eigenvalue weighted by Crippen LogP contribution is 2.29. The molecule has 3 nitrogen and oxygen atoms in total. The predicted molar refractivity (Wildman–Crippen MR) is 60.9 cm³/mol. The van der Waals surface area contributed by atoms with Gasteiger partial charge in [0.2, 0.25) is 29.1 Å². The first-order valence-corrected chi connectivity index (χ1v) is 5.93. The SMILES string of the molecule is CCCNCC(O)COc1c(F)c(F)c(F)c(F)c1F. The van der Waals surface area contributed by atoms with Crippen LogP contribution in [0, 0.1) is 29.1 Å². The lowest BCUT2D eigenvalue weighted by atomic mass is 10.2. The molecular weight excluding hydrogens is 285 g/mol. The van der Waals surface area contributed by atoms with Gasteiger partial charge in [-0.05, 0) is 13.0 Å². The molecule has 1 atom stereocenters. The van der Waals surface area contributed by atoms with Crippen molar-refractivity contribution in [3.63, 3.8) is 0 Å². The monoisotopic (exact) mass is 299 g/mol. The Balaban J connectivity index is 2.73. The molecule has 0 aliphatic carbocycles. The van der Waals surface area contributed by atoms with E-state index in [0.717, 1.165) is 6.42 Å². The number of hydrogen-bond donors (Lipinski definition) is 2. The maximum Gasteiger partial charge on any atom is 0.206 e. The van der Waals surface area contributed by atoms with E-state index in [9.17, 15) is 27.1 Å². The number of nitrogens with one attached hydrogen (secondary N) is 1. The molecular formula is C12H14F5NO2. The highest BCUT2D eigenvalue weighted by molar-refractivity contribution is 5.29. The molecule has 0 bridgehead atoms. The normalized spacial score (nSPS) is 12.6. The average Bonchev–Trinajstić information content (AvgIpc) is 2.43. The molecule has 2 N–H and O–H groups in total. The molecule has 20 heavy (non-hydrogen) atoms. The first-order valence-electron chi connectivity index (χ1n) is 5.93. The van der Waals surface area contributed by atoms with Crippen LogP contribution in [0.15, 0.2) is 0 Å². The molecule has 0 saturated heterocycles. The zero-order valence-electron chi connectivity index (χ0n) is 10.7. The van der Waals surface area contributed by atoms with Crippen molar-refractivity contribution in [2.45, 2.75) is 19.4 Å². The summed E-state index contributed by atoms with van der Waals surface area (Å²) >= 11 is 0. The highest BCUT2D eigenvalue weighted by Gasteiger charge is 2.27. The minimum Gasteiger partial charge on any atom is -0.485 e. The van der Waals surface area contributed by atoms with Gasteiger partial charge in [0.25, 0.3) is 0 Å². The number of ether oxygens (including phenoxy) is 1. The summed E-state index contributed by atoms with van der Waals surface area (Å²) in [5.74, 6) is -11.9. The lowest BCUT2D eigenvalue weighted by molar-refractivity contribution is 0.1000. The smallest absolute Gasteiger partial charge is 0.206 e. The van der Waals surface area contributed by atoms with Crippen LogP contribution in [0.2, 0.25) is 0 Å². The second-order valence-corrected chi connectivity index (χ2v) is 4.07. The minimum atomic E-state index is -2.25. The van der Waals surface area contributed by atoms with Crippen molar-refractivity contribution in [3.8, 4) is 5.75 Å². The van der Waals surface area contributed by atoms with E-state index in [2.05, 4.69) is 10.1 Å². The van der Waals surface area contributed by atoms with E-state index < -0.39 is 47.5 Å². The number of halogens is 5. The van der Waals surface area contributed by atoms with Crippen LogP contribution in [0.25, 0.3) is 0 Å². The van der Waals surface area contributed by atoms with Crippen molar-refractivity contribution in [3.05, 3.63) is 29.1 Å². The van der Waals surface area contributed by atoms with Gasteiger partial charge in [0, 0.05) is 6.54 Å². The number of benzene rings is 1. The van der Waals surface area contributed by atoms with Gasteiger partial charge in [0.05, 0.1) is 0 Å². The topological polar surface area (TPSA) is 41.5 Å². The molecule has 0 radical (unpaired) electrons. The zero-order valence-corrected chi connectivity index (χ0v) is 10.7. The van der Waals surface area contributed by atoms with E-state index >= 15 is 0 Å². The lowest BCUT2D eigenvalue weighted by Crippen LogP contribution is -2.32. The van der Waals surface area contributed by atoms with Crippen molar-refractivity contribution >= 4 is 0 Å². The highest BCUT2D eigenvalue weighted by atomic mass is 19.2. The molecule has 0 amide bonds. The fourth-order valence-corrected chi connectivity index (χ4v) is 1.40. The van der Waals surface area contributed by atoms with Crippen LogP contribution in [-0.4, -0.2) is 30.9 Å². The molecule has 0 saturated carbocycles. The maximum atomic E-state index is 13.2. The van der Waals surface area contributed by atoms with E-state index in [4.69, 9.17) is 0 Å². The number of rotatable bonds is 7. The van der Waals surface area contributed by atoms with Crippen LogP contribution in [0.3, 0.4) is 0 Å². The summed E-state index contributed by atoms with van der Waals surface area (Å²) in [6.07, 6.45) is -0.331. The largest absolute Gasteiger partial charge is 0.485 e. The van der Waals surface area contributed by atoms with Crippen molar-refractivity contribution < 1.29 is 31.8 Å².